The number of hydrogen-bond acceptors (Lipinski definition) is 6. The number of nitrogens with zero attached hydrogens (tertiary/aromatic N) is 3. The van der Waals surface area contributed by atoms with Gasteiger partial charge < -0.3 is 14.8 Å². The molecule has 1 aromatic carbocycles. The van der Waals surface area contributed by atoms with Gasteiger partial charge in [-0.3, -0.25) is 15.5 Å². The van der Waals surface area contributed by atoms with Crippen LogP contribution in [0, 0.1) is 6.92 Å². The Morgan fingerprint density at radius 3 is 2.52 bits per heavy atom. The van der Waals surface area contributed by atoms with Crippen molar-refractivity contribution in [2.45, 2.75) is 26.7 Å². The molecule has 0 bridgehead atoms. The number of rotatable bonds is 7. The minimum Gasteiger partial charge on any atom is -0.494 e. The predicted molar refractivity (Wildman–Crippen MR) is 113 cm³/mol. The second-order valence-corrected chi connectivity index (χ2v) is 6.57. The summed E-state index contributed by atoms with van der Waals surface area (Å²) in [7, 11) is 4.91. The highest BCUT2D eigenvalue weighted by Gasteiger charge is 2.15. The van der Waals surface area contributed by atoms with Crippen LogP contribution in [0.15, 0.2) is 24.3 Å². The molecule has 0 saturated carbocycles. The molecule has 3 N–H and O–H groups in total. The van der Waals surface area contributed by atoms with E-state index in [1.54, 1.807) is 22.9 Å². The van der Waals surface area contributed by atoms with Crippen LogP contribution in [-0.4, -0.2) is 35.0 Å². The van der Waals surface area contributed by atoms with E-state index in [0.717, 1.165) is 35.1 Å². The quantitative estimate of drug-likeness (QED) is 0.527. The summed E-state index contributed by atoms with van der Waals surface area (Å²) < 4.78 is 12.3. The molecule has 3 rings (SSSR count). The highest BCUT2D eigenvalue weighted by Crippen LogP contribution is 2.34. The van der Waals surface area contributed by atoms with Crippen LogP contribution in [0.3, 0.4) is 0 Å². The van der Waals surface area contributed by atoms with E-state index in [1.807, 2.05) is 20.0 Å². The van der Waals surface area contributed by atoms with Crippen molar-refractivity contribution in [2.24, 2.45) is 7.05 Å². The Bertz CT molecular complexity index is 1010. The summed E-state index contributed by atoms with van der Waals surface area (Å²) in [5, 5.41) is 8.26. The number of amides is 2. The second-order valence-electron chi connectivity index (χ2n) is 6.57. The number of ether oxygens (including phenoxy) is 2. The van der Waals surface area contributed by atoms with Crippen LogP contribution < -0.4 is 25.6 Å². The SMILES string of the molecule is CCCc1cc(NNC(=O)Nc2c(OC)cccc2OC)nc2c1c(C)nn2C. The van der Waals surface area contributed by atoms with E-state index in [0.29, 0.717) is 23.0 Å². The number of aromatic nitrogens is 3. The fourth-order valence-corrected chi connectivity index (χ4v) is 3.30. The third-order valence-corrected chi connectivity index (χ3v) is 4.54. The minimum absolute atomic E-state index is 0.439. The van der Waals surface area contributed by atoms with Crippen molar-refractivity contribution in [3.63, 3.8) is 0 Å². The molecule has 3 aromatic rings. The number of carbonyl (C=O) groups excluding carboxylic acids is 1. The number of fused-ring (bicyclic) bond motifs is 1. The predicted octanol–water partition coefficient (Wildman–Crippen LogP) is 3.40. The number of hydrogen-bond donors (Lipinski definition) is 3. The van der Waals surface area contributed by atoms with Gasteiger partial charge >= 0.3 is 6.03 Å². The number of benzene rings is 1. The van der Waals surface area contributed by atoms with Crippen molar-refractivity contribution in [1.29, 1.82) is 0 Å². The third-order valence-electron chi connectivity index (χ3n) is 4.54. The highest BCUT2D eigenvalue weighted by atomic mass is 16.5. The molecule has 2 amide bonds. The van der Waals surface area contributed by atoms with Crippen LogP contribution >= 0.6 is 0 Å². The van der Waals surface area contributed by atoms with Gasteiger partial charge in [0.05, 0.1) is 19.9 Å². The molecule has 9 nitrogen and oxygen atoms in total. The largest absolute Gasteiger partial charge is 0.494 e. The molecule has 0 saturated heterocycles. The molecule has 0 fully saturated rings. The molecule has 0 aliphatic carbocycles. The normalized spacial score (nSPS) is 10.7. The number of urea groups is 1. The standard InChI is InChI=1S/C20H26N6O3/c1-6-8-13-11-16(21-19-17(13)12(2)25-26(19)3)23-24-20(27)22-18-14(28-4)9-7-10-15(18)29-5/h7,9-11H,6,8H2,1-5H3,(H,21,23)(H2,22,24,27). The van der Waals surface area contributed by atoms with Gasteiger partial charge in [-0.2, -0.15) is 5.10 Å². The van der Waals surface area contributed by atoms with Crippen LogP contribution in [0.1, 0.15) is 24.6 Å². The van der Waals surface area contributed by atoms with E-state index >= 15 is 0 Å². The van der Waals surface area contributed by atoms with Gasteiger partial charge in [-0.15, -0.1) is 0 Å². The zero-order valence-electron chi connectivity index (χ0n) is 17.3. The maximum atomic E-state index is 12.4. The average molecular weight is 398 g/mol. The first kappa shape index (κ1) is 20.2. The molecular weight excluding hydrogens is 372 g/mol. The lowest BCUT2D eigenvalue weighted by molar-refractivity contribution is 0.253. The Hall–Kier alpha value is -3.49. The van der Waals surface area contributed by atoms with Crippen molar-refractivity contribution >= 4 is 28.6 Å². The second kappa shape index (κ2) is 8.68. The number of hydrazine groups is 1. The lowest BCUT2D eigenvalue weighted by atomic mass is 10.1. The van der Waals surface area contributed by atoms with Gasteiger partial charge in [0.25, 0.3) is 0 Å². The maximum absolute atomic E-state index is 12.4. The van der Waals surface area contributed by atoms with Gasteiger partial charge in [-0.25, -0.2) is 9.78 Å². The minimum atomic E-state index is -0.479. The number of aryl methyl sites for hydroxylation is 3. The maximum Gasteiger partial charge on any atom is 0.338 e. The fourth-order valence-electron chi connectivity index (χ4n) is 3.30. The van der Waals surface area contributed by atoms with Crippen molar-refractivity contribution in [1.82, 2.24) is 20.2 Å². The number of anilines is 2. The average Bonchev–Trinajstić information content (AvgIpc) is 3.00. The van der Waals surface area contributed by atoms with Crippen molar-refractivity contribution in [3.05, 3.63) is 35.5 Å². The van der Waals surface area contributed by atoms with E-state index in [4.69, 9.17) is 9.47 Å². The number of pyridine rings is 1. The zero-order chi connectivity index (χ0) is 21.0. The Balaban J connectivity index is 1.79. The van der Waals surface area contributed by atoms with E-state index in [-0.39, 0.29) is 0 Å². The molecule has 9 heteroatoms. The van der Waals surface area contributed by atoms with E-state index in [1.165, 1.54) is 14.2 Å². The monoisotopic (exact) mass is 398 g/mol. The van der Waals surface area contributed by atoms with E-state index < -0.39 is 6.03 Å². The Labute approximate surface area is 169 Å². The topological polar surface area (TPSA) is 102 Å². The van der Waals surface area contributed by atoms with Crippen LogP contribution in [-0.2, 0) is 13.5 Å². The van der Waals surface area contributed by atoms with Gasteiger partial charge in [0.1, 0.15) is 23.0 Å². The Morgan fingerprint density at radius 1 is 1.21 bits per heavy atom. The summed E-state index contributed by atoms with van der Waals surface area (Å²) in [6.07, 6.45) is 1.89. The van der Waals surface area contributed by atoms with Crippen molar-refractivity contribution in [2.75, 3.05) is 25.0 Å². The summed E-state index contributed by atoms with van der Waals surface area (Å²) in [6, 6.07) is 6.72. The van der Waals surface area contributed by atoms with Gasteiger partial charge in [-0.1, -0.05) is 19.4 Å². The lowest BCUT2D eigenvalue weighted by Gasteiger charge is -2.15. The molecular formula is C20H26N6O3. The Morgan fingerprint density at radius 2 is 1.90 bits per heavy atom. The summed E-state index contributed by atoms with van der Waals surface area (Å²) in [6.45, 7) is 4.10. The molecule has 2 heterocycles. The first-order valence-corrected chi connectivity index (χ1v) is 9.35. The number of nitrogens with one attached hydrogen (secondary N) is 3. The molecule has 0 atom stereocenters. The van der Waals surface area contributed by atoms with Crippen LogP contribution in [0.2, 0.25) is 0 Å². The summed E-state index contributed by atoms with van der Waals surface area (Å²) >= 11 is 0. The molecule has 0 aliphatic heterocycles. The number of para-hydroxylation sites is 1. The molecule has 0 radical (unpaired) electrons. The van der Waals surface area contributed by atoms with Crippen LogP contribution in [0.4, 0.5) is 16.3 Å². The van der Waals surface area contributed by atoms with Crippen molar-refractivity contribution in [3.8, 4) is 11.5 Å². The first-order valence-electron chi connectivity index (χ1n) is 9.35. The summed E-state index contributed by atoms with van der Waals surface area (Å²) in [5.41, 5.74) is 8.77. The van der Waals surface area contributed by atoms with E-state index in [2.05, 4.69) is 33.2 Å². The molecule has 0 spiro atoms. The smallest absolute Gasteiger partial charge is 0.338 e. The zero-order valence-corrected chi connectivity index (χ0v) is 17.3. The molecule has 29 heavy (non-hydrogen) atoms. The number of carbonyl (C=O) groups is 1. The van der Waals surface area contributed by atoms with Gasteiger partial charge in [0.2, 0.25) is 0 Å². The van der Waals surface area contributed by atoms with Gasteiger partial charge in [-0.05, 0) is 37.1 Å². The third kappa shape index (κ3) is 4.18. The Kier molecular flexibility index (Phi) is 6.06. The van der Waals surface area contributed by atoms with Crippen LogP contribution in [0.5, 0.6) is 11.5 Å². The van der Waals surface area contributed by atoms with Crippen LogP contribution in [0.25, 0.3) is 11.0 Å². The molecule has 0 unspecified atom stereocenters. The lowest BCUT2D eigenvalue weighted by Crippen LogP contribution is -2.34. The van der Waals surface area contributed by atoms with Gasteiger partial charge in [0, 0.05) is 12.4 Å². The molecule has 2 aromatic heterocycles. The summed E-state index contributed by atoms with van der Waals surface area (Å²) in [5.74, 6) is 1.52. The number of methoxy groups -OCH3 is 2. The molecule has 0 aliphatic rings. The van der Waals surface area contributed by atoms with Gasteiger partial charge in [0.15, 0.2) is 5.65 Å². The molecule has 154 valence electrons. The van der Waals surface area contributed by atoms with Crippen molar-refractivity contribution < 1.29 is 14.3 Å². The summed E-state index contributed by atoms with van der Waals surface area (Å²) in [4.78, 5) is 17.0. The highest BCUT2D eigenvalue weighted by molar-refractivity contribution is 5.93. The van der Waals surface area contributed by atoms with E-state index in [9.17, 15) is 4.79 Å². The first-order chi connectivity index (χ1) is 14.0. The fraction of sp³-hybridized carbons (Fsp3) is 0.350.